The summed E-state index contributed by atoms with van der Waals surface area (Å²) in [6, 6.07) is 8.97. The SMILES string of the molecule is CCc1ccc(CCC(C)NC(C)=O)cc1. The first-order chi connectivity index (χ1) is 7.61. The van der Waals surface area contributed by atoms with Crippen LogP contribution in [-0.4, -0.2) is 11.9 Å². The standard InChI is InChI=1S/C14H21NO/c1-4-13-7-9-14(10-8-13)6-5-11(2)15-12(3)16/h7-11H,4-6H2,1-3H3,(H,15,16). The van der Waals surface area contributed by atoms with Crippen molar-refractivity contribution in [2.24, 2.45) is 0 Å². The van der Waals surface area contributed by atoms with Crippen LogP contribution in [0.4, 0.5) is 0 Å². The fourth-order valence-electron chi connectivity index (χ4n) is 1.74. The van der Waals surface area contributed by atoms with Crippen LogP contribution >= 0.6 is 0 Å². The summed E-state index contributed by atoms with van der Waals surface area (Å²) in [5.74, 6) is 0.0498. The molecule has 16 heavy (non-hydrogen) atoms. The maximum Gasteiger partial charge on any atom is 0.217 e. The van der Waals surface area contributed by atoms with Gasteiger partial charge in [0.15, 0.2) is 0 Å². The van der Waals surface area contributed by atoms with Crippen molar-refractivity contribution in [3.05, 3.63) is 35.4 Å². The van der Waals surface area contributed by atoms with Gasteiger partial charge < -0.3 is 5.32 Å². The van der Waals surface area contributed by atoms with E-state index in [9.17, 15) is 4.79 Å². The molecule has 0 bridgehead atoms. The van der Waals surface area contributed by atoms with Gasteiger partial charge in [-0.15, -0.1) is 0 Å². The Morgan fingerprint density at radius 1 is 1.25 bits per heavy atom. The molecule has 0 aromatic heterocycles. The van der Waals surface area contributed by atoms with Gasteiger partial charge in [0, 0.05) is 13.0 Å². The lowest BCUT2D eigenvalue weighted by Gasteiger charge is -2.12. The van der Waals surface area contributed by atoms with Crippen LogP contribution in [0.15, 0.2) is 24.3 Å². The molecule has 0 saturated heterocycles. The largest absolute Gasteiger partial charge is 0.354 e. The van der Waals surface area contributed by atoms with E-state index >= 15 is 0 Å². The van der Waals surface area contributed by atoms with E-state index in [-0.39, 0.29) is 11.9 Å². The van der Waals surface area contributed by atoms with Crippen molar-refractivity contribution in [1.82, 2.24) is 5.32 Å². The van der Waals surface area contributed by atoms with E-state index in [0.29, 0.717) is 0 Å². The molecule has 0 heterocycles. The summed E-state index contributed by atoms with van der Waals surface area (Å²) in [4.78, 5) is 10.8. The van der Waals surface area contributed by atoms with Crippen molar-refractivity contribution in [2.45, 2.75) is 46.1 Å². The summed E-state index contributed by atoms with van der Waals surface area (Å²) < 4.78 is 0. The normalized spacial score (nSPS) is 12.2. The van der Waals surface area contributed by atoms with Crippen LogP contribution < -0.4 is 5.32 Å². The number of aryl methyl sites for hydroxylation is 2. The molecule has 1 unspecified atom stereocenters. The van der Waals surface area contributed by atoms with Crippen LogP contribution in [-0.2, 0) is 17.6 Å². The molecule has 1 rings (SSSR count). The minimum Gasteiger partial charge on any atom is -0.354 e. The Morgan fingerprint density at radius 3 is 2.31 bits per heavy atom. The molecule has 0 spiro atoms. The molecule has 1 aromatic rings. The maximum absolute atomic E-state index is 10.8. The molecule has 0 fully saturated rings. The summed E-state index contributed by atoms with van der Waals surface area (Å²) in [7, 11) is 0. The fourth-order valence-corrected chi connectivity index (χ4v) is 1.74. The quantitative estimate of drug-likeness (QED) is 0.810. The molecule has 1 N–H and O–H groups in total. The number of hydrogen-bond donors (Lipinski definition) is 1. The van der Waals surface area contributed by atoms with E-state index in [1.165, 1.54) is 11.1 Å². The molecule has 0 radical (unpaired) electrons. The van der Waals surface area contributed by atoms with E-state index in [0.717, 1.165) is 19.3 Å². The molecule has 2 heteroatoms. The minimum atomic E-state index is 0.0498. The Labute approximate surface area is 98.1 Å². The first-order valence-corrected chi connectivity index (χ1v) is 5.96. The fraction of sp³-hybridized carbons (Fsp3) is 0.500. The Hall–Kier alpha value is -1.31. The maximum atomic E-state index is 10.8. The molecule has 0 aliphatic heterocycles. The lowest BCUT2D eigenvalue weighted by atomic mass is 10.0. The van der Waals surface area contributed by atoms with E-state index in [4.69, 9.17) is 0 Å². The molecule has 0 aliphatic rings. The van der Waals surface area contributed by atoms with Crippen LogP contribution in [0.5, 0.6) is 0 Å². The van der Waals surface area contributed by atoms with E-state index < -0.39 is 0 Å². The average Bonchev–Trinajstić information content (AvgIpc) is 2.26. The second-order valence-corrected chi connectivity index (χ2v) is 4.31. The van der Waals surface area contributed by atoms with Crippen LogP contribution in [0.25, 0.3) is 0 Å². The number of carbonyl (C=O) groups is 1. The predicted octanol–water partition coefficient (Wildman–Crippen LogP) is 2.71. The monoisotopic (exact) mass is 219 g/mol. The summed E-state index contributed by atoms with van der Waals surface area (Å²) in [6.07, 6.45) is 3.10. The number of benzene rings is 1. The van der Waals surface area contributed by atoms with E-state index in [1.807, 2.05) is 6.92 Å². The Kier molecular flexibility index (Phi) is 5.03. The number of hydrogen-bond acceptors (Lipinski definition) is 1. The minimum absolute atomic E-state index is 0.0498. The summed E-state index contributed by atoms with van der Waals surface area (Å²) in [5.41, 5.74) is 2.72. The van der Waals surface area contributed by atoms with Crippen LogP contribution in [0.3, 0.4) is 0 Å². The third-order valence-electron chi connectivity index (χ3n) is 2.75. The van der Waals surface area contributed by atoms with Crippen LogP contribution in [0, 0.1) is 0 Å². The zero-order valence-corrected chi connectivity index (χ0v) is 10.4. The lowest BCUT2D eigenvalue weighted by molar-refractivity contribution is -0.119. The van der Waals surface area contributed by atoms with Crippen molar-refractivity contribution in [2.75, 3.05) is 0 Å². The molecule has 1 amide bonds. The van der Waals surface area contributed by atoms with Gasteiger partial charge in [0.1, 0.15) is 0 Å². The number of rotatable bonds is 5. The average molecular weight is 219 g/mol. The molecule has 1 atom stereocenters. The van der Waals surface area contributed by atoms with Crippen LogP contribution in [0.1, 0.15) is 38.3 Å². The highest BCUT2D eigenvalue weighted by Gasteiger charge is 2.03. The van der Waals surface area contributed by atoms with E-state index in [1.54, 1.807) is 6.92 Å². The number of amides is 1. The Morgan fingerprint density at radius 2 is 1.81 bits per heavy atom. The molecule has 2 nitrogen and oxygen atoms in total. The molecule has 0 saturated carbocycles. The van der Waals surface area contributed by atoms with Crippen molar-refractivity contribution in [3.8, 4) is 0 Å². The summed E-state index contributed by atoms with van der Waals surface area (Å²) >= 11 is 0. The molecular weight excluding hydrogens is 198 g/mol. The second-order valence-electron chi connectivity index (χ2n) is 4.31. The number of carbonyl (C=O) groups excluding carboxylic acids is 1. The molecule has 88 valence electrons. The first-order valence-electron chi connectivity index (χ1n) is 5.96. The van der Waals surface area contributed by atoms with Gasteiger partial charge >= 0.3 is 0 Å². The van der Waals surface area contributed by atoms with Gasteiger partial charge in [-0.1, -0.05) is 31.2 Å². The highest BCUT2D eigenvalue weighted by Crippen LogP contribution is 2.08. The summed E-state index contributed by atoms with van der Waals surface area (Å²) in [5, 5.41) is 2.90. The third kappa shape index (κ3) is 4.47. The van der Waals surface area contributed by atoms with Crippen molar-refractivity contribution in [3.63, 3.8) is 0 Å². The van der Waals surface area contributed by atoms with Gasteiger partial charge in [-0.05, 0) is 37.3 Å². The zero-order chi connectivity index (χ0) is 12.0. The van der Waals surface area contributed by atoms with Gasteiger partial charge in [-0.3, -0.25) is 4.79 Å². The topological polar surface area (TPSA) is 29.1 Å². The van der Waals surface area contributed by atoms with Crippen LogP contribution in [0.2, 0.25) is 0 Å². The number of nitrogens with one attached hydrogen (secondary N) is 1. The molecule has 0 aliphatic carbocycles. The highest BCUT2D eigenvalue weighted by atomic mass is 16.1. The van der Waals surface area contributed by atoms with Crippen molar-refractivity contribution >= 4 is 5.91 Å². The Balaban J connectivity index is 2.39. The van der Waals surface area contributed by atoms with Crippen molar-refractivity contribution < 1.29 is 4.79 Å². The van der Waals surface area contributed by atoms with Crippen molar-refractivity contribution in [1.29, 1.82) is 0 Å². The van der Waals surface area contributed by atoms with Gasteiger partial charge in [-0.2, -0.15) is 0 Å². The lowest BCUT2D eigenvalue weighted by Crippen LogP contribution is -2.30. The summed E-state index contributed by atoms with van der Waals surface area (Å²) in [6.45, 7) is 5.77. The predicted molar refractivity (Wildman–Crippen MR) is 67.4 cm³/mol. The highest BCUT2D eigenvalue weighted by molar-refractivity contribution is 5.73. The van der Waals surface area contributed by atoms with Gasteiger partial charge in [0.25, 0.3) is 0 Å². The Bertz CT molecular complexity index is 329. The van der Waals surface area contributed by atoms with Gasteiger partial charge in [0.2, 0.25) is 5.91 Å². The molecular formula is C14H21NO. The first kappa shape index (κ1) is 12.8. The zero-order valence-electron chi connectivity index (χ0n) is 10.4. The van der Waals surface area contributed by atoms with Gasteiger partial charge in [-0.25, -0.2) is 0 Å². The molecule has 1 aromatic carbocycles. The van der Waals surface area contributed by atoms with Gasteiger partial charge in [0.05, 0.1) is 0 Å². The second kappa shape index (κ2) is 6.31. The smallest absolute Gasteiger partial charge is 0.217 e. The van der Waals surface area contributed by atoms with E-state index in [2.05, 4.69) is 36.5 Å². The third-order valence-corrected chi connectivity index (χ3v) is 2.75.